The van der Waals surface area contributed by atoms with Crippen molar-refractivity contribution < 1.29 is 9.59 Å². The molecule has 1 atom stereocenters. The molecule has 0 aromatic heterocycles. The van der Waals surface area contributed by atoms with Crippen LogP contribution in [0.1, 0.15) is 49.4 Å². The molecule has 0 radical (unpaired) electrons. The van der Waals surface area contributed by atoms with Gasteiger partial charge in [-0.2, -0.15) is 0 Å². The first-order chi connectivity index (χ1) is 11.7. The van der Waals surface area contributed by atoms with Gasteiger partial charge in [-0.1, -0.05) is 13.0 Å². The van der Waals surface area contributed by atoms with Gasteiger partial charge in [0, 0.05) is 42.6 Å². The van der Waals surface area contributed by atoms with Crippen molar-refractivity contribution in [1.29, 1.82) is 0 Å². The molecule has 2 saturated heterocycles. The Hall–Kier alpha value is -1.49. The highest BCUT2D eigenvalue weighted by atomic mass is 32.2. The molecule has 2 fully saturated rings. The molecule has 1 aromatic carbocycles. The van der Waals surface area contributed by atoms with E-state index in [-0.39, 0.29) is 17.9 Å². The van der Waals surface area contributed by atoms with Crippen molar-refractivity contribution in [1.82, 2.24) is 9.80 Å². The fraction of sp³-hybridized carbons (Fsp3) is 0.579. The van der Waals surface area contributed by atoms with Gasteiger partial charge >= 0.3 is 0 Å². The molecule has 2 amide bonds. The summed E-state index contributed by atoms with van der Waals surface area (Å²) in [6, 6.07) is 8.10. The number of hydrogen-bond acceptors (Lipinski definition) is 3. The van der Waals surface area contributed by atoms with Gasteiger partial charge in [0.2, 0.25) is 5.91 Å². The van der Waals surface area contributed by atoms with E-state index in [1.165, 1.54) is 0 Å². The molecule has 2 aliphatic heterocycles. The van der Waals surface area contributed by atoms with Crippen molar-refractivity contribution in [3.05, 3.63) is 29.8 Å². The van der Waals surface area contributed by atoms with Gasteiger partial charge in [-0.15, -0.1) is 11.8 Å². The number of likely N-dealkylation sites (tertiary alicyclic amines) is 2. The van der Waals surface area contributed by atoms with Crippen molar-refractivity contribution in [3.63, 3.8) is 0 Å². The van der Waals surface area contributed by atoms with E-state index in [4.69, 9.17) is 0 Å². The third kappa shape index (κ3) is 3.94. The van der Waals surface area contributed by atoms with E-state index < -0.39 is 0 Å². The number of carbonyl (C=O) groups is 2. The molecule has 2 heterocycles. The smallest absolute Gasteiger partial charge is 0.254 e. The van der Waals surface area contributed by atoms with E-state index in [0.29, 0.717) is 13.0 Å². The highest BCUT2D eigenvalue weighted by Crippen LogP contribution is 2.24. The normalized spacial score (nSPS) is 21.4. The number of thioether (sulfide) groups is 1. The maximum atomic E-state index is 13.0. The van der Waals surface area contributed by atoms with Crippen LogP contribution in [0.15, 0.2) is 29.2 Å². The molecule has 4 nitrogen and oxygen atoms in total. The largest absolute Gasteiger partial charge is 0.341 e. The molecule has 0 N–H and O–H groups in total. The molecule has 0 unspecified atom stereocenters. The Bertz CT molecular complexity index is 605. The zero-order valence-electron chi connectivity index (χ0n) is 14.4. The van der Waals surface area contributed by atoms with Crippen molar-refractivity contribution in [2.24, 2.45) is 0 Å². The Kier molecular flexibility index (Phi) is 5.82. The summed E-state index contributed by atoms with van der Waals surface area (Å²) in [5, 5.41) is 0. The molecule has 5 heteroatoms. The van der Waals surface area contributed by atoms with Crippen LogP contribution in [-0.2, 0) is 4.79 Å². The SMILES string of the molecule is CCSc1cccc(C(=O)N2CCCC[C@@H]2CN2CCCC2=O)c1. The van der Waals surface area contributed by atoms with E-state index >= 15 is 0 Å². The minimum atomic E-state index is 0.116. The molecule has 24 heavy (non-hydrogen) atoms. The Morgan fingerprint density at radius 1 is 1.25 bits per heavy atom. The van der Waals surface area contributed by atoms with E-state index in [0.717, 1.165) is 55.0 Å². The monoisotopic (exact) mass is 346 g/mol. The topological polar surface area (TPSA) is 40.6 Å². The number of piperidine rings is 1. The molecule has 0 spiro atoms. The standard InChI is InChI=1S/C19H26N2O2S/c1-2-24-17-9-5-7-15(13-17)19(23)21-12-4-3-8-16(21)14-20-11-6-10-18(20)22/h5,7,9,13,16H,2-4,6,8,10-12,14H2,1H3/t16-/m1/s1. The van der Waals surface area contributed by atoms with Gasteiger partial charge < -0.3 is 9.80 Å². The van der Waals surface area contributed by atoms with Gasteiger partial charge in [-0.25, -0.2) is 0 Å². The maximum Gasteiger partial charge on any atom is 0.254 e. The maximum absolute atomic E-state index is 13.0. The third-order valence-corrected chi connectivity index (χ3v) is 5.76. The van der Waals surface area contributed by atoms with Gasteiger partial charge in [0.15, 0.2) is 0 Å². The Balaban J connectivity index is 1.73. The van der Waals surface area contributed by atoms with Gasteiger partial charge in [-0.3, -0.25) is 9.59 Å². The zero-order chi connectivity index (χ0) is 16.9. The predicted octanol–water partition coefficient (Wildman–Crippen LogP) is 3.42. The molecule has 130 valence electrons. The molecule has 2 aliphatic rings. The van der Waals surface area contributed by atoms with Gasteiger partial charge in [0.1, 0.15) is 0 Å². The van der Waals surface area contributed by atoms with Crippen LogP contribution in [0.4, 0.5) is 0 Å². The van der Waals surface area contributed by atoms with E-state index in [9.17, 15) is 9.59 Å². The first kappa shape index (κ1) is 17.3. The lowest BCUT2D eigenvalue weighted by atomic mass is 10.00. The second-order valence-corrected chi connectivity index (χ2v) is 7.89. The van der Waals surface area contributed by atoms with Crippen LogP contribution in [-0.4, -0.2) is 53.0 Å². The molecule has 0 bridgehead atoms. The van der Waals surface area contributed by atoms with Crippen molar-refractivity contribution >= 4 is 23.6 Å². The van der Waals surface area contributed by atoms with Crippen LogP contribution in [0.2, 0.25) is 0 Å². The third-order valence-electron chi connectivity index (χ3n) is 4.88. The summed E-state index contributed by atoms with van der Waals surface area (Å²) in [7, 11) is 0. The Labute approximate surface area is 148 Å². The lowest BCUT2D eigenvalue weighted by Crippen LogP contribution is -2.49. The minimum Gasteiger partial charge on any atom is -0.341 e. The van der Waals surface area contributed by atoms with Crippen LogP contribution in [0, 0.1) is 0 Å². The highest BCUT2D eigenvalue weighted by molar-refractivity contribution is 7.99. The quantitative estimate of drug-likeness (QED) is 0.767. The summed E-state index contributed by atoms with van der Waals surface area (Å²) >= 11 is 1.76. The summed E-state index contributed by atoms with van der Waals surface area (Å²) < 4.78 is 0. The molecule has 0 saturated carbocycles. The summed E-state index contributed by atoms with van der Waals surface area (Å²) in [6.45, 7) is 4.47. The number of hydrogen-bond donors (Lipinski definition) is 0. The number of rotatable bonds is 5. The minimum absolute atomic E-state index is 0.116. The Morgan fingerprint density at radius 2 is 2.12 bits per heavy atom. The van der Waals surface area contributed by atoms with E-state index in [1.54, 1.807) is 11.8 Å². The molecule has 3 rings (SSSR count). The first-order valence-electron chi connectivity index (χ1n) is 9.00. The van der Waals surface area contributed by atoms with Crippen LogP contribution in [0.5, 0.6) is 0 Å². The summed E-state index contributed by atoms with van der Waals surface area (Å²) in [6.07, 6.45) is 4.81. The number of nitrogens with zero attached hydrogens (tertiary/aromatic N) is 2. The average Bonchev–Trinajstić information content (AvgIpc) is 3.00. The Morgan fingerprint density at radius 3 is 2.88 bits per heavy atom. The zero-order valence-corrected chi connectivity index (χ0v) is 15.2. The summed E-state index contributed by atoms with van der Waals surface area (Å²) in [5.74, 6) is 1.36. The number of amides is 2. The molecular formula is C19H26N2O2S. The van der Waals surface area contributed by atoms with Crippen molar-refractivity contribution in [2.45, 2.75) is 50.0 Å². The number of benzene rings is 1. The lowest BCUT2D eigenvalue weighted by Gasteiger charge is -2.38. The van der Waals surface area contributed by atoms with Crippen molar-refractivity contribution in [3.8, 4) is 0 Å². The van der Waals surface area contributed by atoms with Crippen LogP contribution in [0.3, 0.4) is 0 Å². The second kappa shape index (κ2) is 8.06. The average molecular weight is 346 g/mol. The molecular weight excluding hydrogens is 320 g/mol. The molecule has 0 aliphatic carbocycles. The van der Waals surface area contributed by atoms with E-state index in [2.05, 4.69) is 13.0 Å². The van der Waals surface area contributed by atoms with E-state index in [1.807, 2.05) is 28.0 Å². The van der Waals surface area contributed by atoms with Gasteiger partial charge in [0.05, 0.1) is 0 Å². The fourth-order valence-electron chi connectivity index (χ4n) is 3.66. The first-order valence-corrected chi connectivity index (χ1v) is 9.99. The highest BCUT2D eigenvalue weighted by Gasteiger charge is 2.31. The van der Waals surface area contributed by atoms with Crippen LogP contribution >= 0.6 is 11.8 Å². The fourth-order valence-corrected chi connectivity index (χ4v) is 4.38. The van der Waals surface area contributed by atoms with Crippen molar-refractivity contribution in [2.75, 3.05) is 25.4 Å². The molecule has 1 aromatic rings. The second-order valence-electron chi connectivity index (χ2n) is 6.55. The number of carbonyl (C=O) groups excluding carboxylic acids is 2. The predicted molar refractivity (Wildman–Crippen MR) is 97.3 cm³/mol. The van der Waals surface area contributed by atoms with Crippen LogP contribution < -0.4 is 0 Å². The van der Waals surface area contributed by atoms with Crippen LogP contribution in [0.25, 0.3) is 0 Å². The van der Waals surface area contributed by atoms with Gasteiger partial charge in [0.25, 0.3) is 5.91 Å². The lowest BCUT2D eigenvalue weighted by molar-refractivity contribution is -0.128. The van der Waals surface area contributed by atoms with Gasteiger partial charge in [-0.05, 0) is 49.6 Å². The summed E-state index contributed by atoms with van der Waals surface area (Å²) in [4.78, 5) is 30.1. The summed E-state index contributed by atoms with van der Waals surface area (Å²) in [5.41, 5.74) is 0.771.